The first kappa shape index (κ1) is 19.7. The molecule has 2 fully saturated rings. The van der Waals surface area contributed by atoms with Crippen molar-refractivity contribution in [2.24, 2.45) is 0 Å². The molecule has 0 spiro atoms. The van der Waals surface area contributed by atoms with Crippen LogP contribution in [0.25, 0.3) is 10.8 Å². The van der Waals surface area contributed by atoms with E-state index < -0.39 is 9.84 Å². The van der Waals surface area contributed by atoms with E-state index in [0.29, 0.717) is 12.4 Å². The standard InChI is InChI=1S/C22H26N4O3S/c27-30(28,15-16-9-10-17-5-1-2-6-18(17)13-16)22-25-24-21(20-8-3-11-23-20)26(22)14-19-7-4-12-29-19/h1-2,5-6,9-10,13,19-20,23H,3-4,7-8,11-12,14-15H2. The highest BCUT2D eigenvalue weighted by molar-refractivity contribution is 7.90. The van der Waals surface area contributed by atoms with Gasteiger partial charge in [0.05, 0.1) is 24.4 Å². The summed E-state index contributed by atoms with van der Waals surface area (Å²) in [6.45, 7) is 2.12. The second kappa shape index (κ2) is 8.09. The third-order valence-corrected chi connectivity index (χ3v) is 7.55. The van der Waals surface area contributed by atoms with Crippen LogP contribution in [0.2, 0.25) is 0 Å². The number of hydrogen-bond acceptors (Lipinski definition) is 6. The third-order valence-electron chi connectivity index (χ3n) is 5.98. The Labute approximate surface area is 176 Å². The van der Waals surface area contributed by atoms with Crippen LogP contribution >= 0.6 is 0 Å². The Morgan fingerprint density at radius 1 is 1.07 bits per heavy atom. The molecule has 2 aromatic carbocycles. The maximum atomic E-state index is 13.4. The Hall–Kier alpha value is -2.29. The summed E-state index contributed by atoms with van der Waals surface area (Å²) in [5.41, 5.74) is 0.751. The van der Waals surface area contributed by atoms with E-state index >= 15 is 0 Å². The smallest absolute Gasteiger partial charge is 0.250 e. The Morgan fingerprint density at radius 3 is 2.70 bits per heavy atom. The number of rotatable bonds is 6. The molecule has 0 bridgehead atoms. The first-order chi connectivity index (χ1) is 14.6. The van der Waals surface area contributed by atoms with Gasteiger partial charge in [-0.1, -0.05) is 42.5 Å². The van der Waals surface area contributed by atoms with Crippen molar-refractivity contribution in [1.82, 2.24) is 20.1 Å². The van der Waals surface area contributed by atoms with Gasteiger partial charge < -0.3 is 10.1 Å². The molecule has 2 aliphatic heterocycles. The fourth-order valence-corrected chi connectivity index (χ4v) is 5.89. The van der Waals surface area contributed by atoms with E-state index in [1.165, 1.54) is 0 Å². The van der Waals surface area contributed by atoms with Crippen molar-refractivity contribution >= 4 is 20.6 Å². The van der Waals surface area contributed by atoms with Crippen molar-refractivity contribution in [3.05, 3.63) is 53.9 Å². The van der Waals surface area contributed by atoms with Gasteiger partial charge in [-0.15, -0.1) is 10.2 Å². The molecule has 0 amide bonds. The van der Waals surface area contributed by atoms with Crippen LogP contribution in [0.5, 0.6) is 0 Å². The van der Waals surface area contributed by atoms with Crippen LogP contribution in [0.15, 0.2) is 47.6 Å². The van der Waals surface area contributed by atoms with Gasteiger partial charge in [0.15, 0.2) is 5.82 Å². The zero-order valence-corrected chi connectivity index (χ0v) is 17.6. The summed E-state index contributed by atoms with van der Waals surface area (Å²) in [7, 11) is -3.66. The molecule has 3 aromatic rings. The van der Waals surface area contributed by atoms with Crippen molar-refractivity contribution in [2.75, 3.05) is 13.2 Å². The summed E-state index contributed by atoms with van der Waals surface area (Å²) < 4.78 is 34.3. The number of nitrogens with zero attached hydrogens (tertiary/aromatic N) is 3. The normalized spacial score (nSPS) is 22.1. The lowest BCUT2D eigenvalue weighted by Crippen LogP contribution is -2.25. The average molecular weight is 427 g/mol. The van der Waals surface area contributed by atoms with Gasteiger partial charge in [-0.2, -0.15) is 0 Å². The summed E-state index contributed by atoms with van der Waals surface area (Å²) in [6.07, 6.45) is 3.93. The van der Waals surface area contributed by atoms with Gasteiger partial charge in [-0.3, -0.25) is 4.57 Å². The van der Waals surface area contributed by atoms with Crippen LogP contribution in [0, 0.1) is 0 Å². The minimum Gasteiger partial charge on any atom is -0.376 e. The van der Waals surface area contributed by atoms with Gasteiger partial charge in [-0.25, -0.2) is 8.42 Å². The molecule has 1 N–H and O–H groups in total. The number of ether oxygens (including phenoxy) is 1. The number of fused-ring (bicyclic) bond motifs is 1. The van der Waals surface area contributed by atoms with Crippen molar-refractivity contribution in [3.63, 3.8) is 0 Å². The Morgan fingerprint density at radius 2 is 1.93 bits per heavy atom. The monoisotopic (exact) mass is 426 g/mol. The average Bonchev–Trinajstić information content (AvgIpc) is 3.50. The molecule has 0 radical (unpaired) electrons. The first-order valence-corrected chi connectivity index (χ1v) is 12.2. The van der Waals surface area contributed by atoms with Gasteiger partial charge in [0.2, 0.25) is 15.0 Å². The van der Waals surface area contributed by atoms with E-state index in [1.807, 2.05) is 42.5 Å². The van der Waals surface area contributed by atoms with Gasteiger partial charge in [-0.05, 0) is 48.6 Å². The first-order valence-electron chi connectivity index (χ1n) is 10.6. The SMILES string of the molecule is O=S(=O)(Cc1ccc2ccccc2c1)c1nnc(C2CCCN2)n1CC1CCCO1. The molecule has 7 nitrogen and oxygen atoms in total. The highest BCUT2D eigenvalue weighted by Gasteiger charge is 2.31. The summed E-state index contributed by atoms with van der Waals surface area (Å²) in [5.74, 6) is 0.611. The molecule has 1 aromatic heterocycles. The van der Waals surface area contributed by atoms with Gasteiger partial charge >= 0.3 is 0 Å². The molecule has 0 saturated carbocycles. The predicted octanol–water partition coefficient (Wildman–Crippen LogP) is 3.01. The molecule has 3 heterocycles. The minimum absolute atomic E-state index is 0.00997. The Balaban J connectivity index is 1.48. The molecular formula is C22H26N4O3S. The van der Waals surface area contributed by atoms with Crippen LogP contribution in [-0.2, 0) is 26.9 Å². The van der Waals surface area contributed by atoms with Gasteiger partial charge in [0.1, 0.15) is 0 Å². The van der Waals surface area contributed by atoms with E-state index in [1.54, 1.807) is 4.57 Å². The largest absolute Gasteiger partial charge is 0.376 e. The highest BCUT2D eigenvalue weighted by Crippen LogP contribution is 2.27. The van der Waals surface area contributed by atoms with Crippen LogP contribution in [0.1, 0.15) is 43.1 Å². The van der Waals surface area contributed by atoms with E-state index in [9.17, 15) is 8.42 Å². The van der Waals surface area contributed by atoms with Crippen molar-refractivity contribution < 1.29 is 13.2 Å². The highest BCUT2D eigenvalue weighted by atomic mass is 32.2. The fourth-order valence-electron chi connectivity index (χ4n) is 4.47. The molecule has 5 rings (SSSR count). The van der Waals surface area contributed by atoms with Crippen LogP contribution < -0.4 is 5.32 Å². The number of aromatic nitrogens is 3. The molecule has 0 aliphatic carbocycles. The number of sulfone groups is 1. The summed E-state index contributed by atoms with van der Waals surface area (Å²) in [5, 5.41) is 14.1. The molecule has 2 aliphatic rings. The minimum atomic E-state index is -3.66. The van der Waals surface area contributed by atoms with Crippen molar-refractivity contribution in [2.45, 2.75) is 55.3 Å². The Bertz CT molecular complexity index is 1150. The van der Waals surface area contributed by atoms with Crippen LogP contribution in [0.3, 0.4) is 0 Å². The second-order valence-corrected chi connectivity index (χ2v) is 10.1. The fraction of sp³-hybridized carbons (Fsp3) is 0.455. The Kier molecular flexibility index (Phi) is 5.30. The number of nitrogens with one attached hydrogen (secondary N) is 1. The molecule has 8 heteroatoms. The zero-order chi connectivity index (χ0) is 20.6. The predicted molar refractivity (Wildman–Crippen MR) is 114 cm³/mol. The molecule has 158 valence electrons. The molecule has 2 unspecified atom stereocenters. The van der Waals surface area contributed by atoms with E-state index in [-0.39, 0.29) is 23.1 Å². The summed E-state index contributed by atoms with van der Waals surface area (Å²) in [4.78, 5) is 0. The topological polar surface area (TPSA) is 86.1 Å². The van der Waals surface area contributed by atoms with Crippen molar-refractivity contribution in [1.29, 1.82) is 0 Å². The van der Waals surface area contributed by atoms with Crippen LogP contribution in [0.4, 0.5) is 0 Å². The molecule has 2 saturated heterocycles. The molecule has 2 atom stereocenters. The number of benzene rings is 2. The molecule has 30 heavy (non-hydrogen) atoms. The number of hydrogen-bond donors (Lipinski definition) is 1. The second-order valence-electron chi connectivity index (χ2n) is 8.18. The zero-order valence-electron chi connectivity index (χ0n) is 16.8. The van der Waals surface area contributed by atoms with E-state index in [0.717, 1.165) is 55.2 Å². The van der Waals surface area contributed by atoms with Gasteiger partial charge in [0, 0.05) is 6.61 Å². The van der Waals surface area contributed by atoms with Crippen LogP contribution in [-0.4, -0.2) is 42.4 Å². The summed E-state index contributed by atoms with van der Waals surface area (Å²) in [6, 6.07) is 13.8. The maximum absolute atomic E-state index is 13.4. The lowest BCUT2D eigenvalue weighted by molar-refractivity contribution is 0.0936. The third kappa shape index (κ3) is 3.87. The maximum Gasteiger partial charge on any atom is 0.250 e. The van der Waals surface area contributed by atoms with E-state index in [4.69, 9.17) is 4.74 Å². The van der Waals surface area contributed by atoms with Gasteiger partial charge in [0.25, 0.3) is 0 Å². The summed E-state index contributed by atoms with van der Waals surface area (Å²) >= 11 is 0. The lowest BCUT2D eigenvalue weighted by Gasteiger charge is -2.17. The molecular weight excluding hydrogens is 400 g/mol. The quantitative estimate of drug-likeness (QED) is 0.652. The van der Waals surface area contributed by atoms with Crippen molar-refractivity contribution in [3.8, 4) is 0 Å². The van der Waals surface area contributed by atoms with E-state index in [2.05, 4.69) is 15.5 Å². The lowest BCUT2D eigenvalue weighted by atomic mass is 10.1.